The maximum atomic E-state index is 12.3. The van der Waals surface area contributed by atoms with Crippen LogP contribution in [0.25, 0.3) is 11.6 Å². The summed E-state index contributed by atoms with van der Waals surface area (Å²) in [5.41, 5.74) is 6.55. The van der Waals surface area contributed by atoms with E-state index in [4.69, 9.17) is 0 Å². The summed E-state index contributed by atoms with van der Waals surface area (Å²) in [4.78, 5) is 23.4. The summed E-state index contributed by atoms with van der Waals surface area (Å²) in [6.45, 7) is 0. The second-order valence-electron chi connectivity index (χ2n) is 4.41. The highest BCUT2D eigenvalue weighted by molar-refractivity contribution is 6.24. The van der Waals surface area contributed by atoms with Gasteiger partial charge in [-0.3, -0.25) is 10.2 Å². The zero-order chi connectivity index (χ0) is 15.8. The Kier molecular flexibility index (Phi) is 5.31. The van der Waals surface area contributed by atoms with Crippen molar-refractivity contribution in [2.75, 3.05) is 7.11 Å². The van der Waals surface area contributed by atoms with Gasteiger partial charge in [0.15, 0.2) is 0 Å². The molecule has 0 fully saturated rings. The molecule has 0 bridgehead atoms. The Morgan fingerprint density at radius 1 is 0.909 bits per heavy atom. The van der Waals surface area contributed by atoms with Crippen molar-refractivity contribution in [1.82, 2.24) is 10.9 Å². The molecule has 2 aromatic rings. The summed E-state index contributed by atoms with van der Waals surface area (Å²) in [5.74, 6) is -0.430. The fraction of sp³-hybridized carbons (Fsp3) is 0.0588. The summed E-state index contributed by atoms with van der Waals surface area (Å²) in [6.07, 6.45) is 1.02. The van der Waals surface area contributed by atoms with E-state index >= 15 is 0 Å². The summed E-state index contributed by atoms with van der Waals surface area (Å²) in [7, 11) is 1.22. The number of nitrogens with one attached hydrogen (secondary N) is 2. The van der Waals surface area contributed by atoms with E-state index in [1.54, 1.807) is 6.08 Å². The van der Waals surface area contributed by atoms with Gasteiger partial charge in [-0.25, -0.2) is 10.2 Å². The van der Waals surface area contributed by atoms with Crippen LogP contribution in [0.5, 0.6) is 0 Å². The Hall–Kier alpha value is -3.08. The lowest BCUT2D eigenvalue weighted by molar-refractivity contribution is -0.116. The summed E-state index contributed by atoms with van der Waals surface area (Å²) >= 11 is 0. The van der Waals surface area contributed by atoms with Crippen molar-refractivity contribution < 1.29 is 14.3 Å². The molecule has 2 amide bonds. The van der Waals surface area contributed by atoms with Crippen LogP contribution in [0, 0.1) is 0 Å². The van der Waals surface area contributed by atoms with E-state index in [-0.39, 0.29) is 0 Å². The maximum absolute atomic E-state index is 12.3. The number of rotatable bonds is 3. The predicted molar refractivity (Wildman–Crippen MR) is 84.4 cm³/mol. The Balaban J connectivity index is 2.28. The topological polar surface area (TPSA) is 67.4 Å². The smallest absolute Gasteiger partial charge is 0.425 e. The van der Waals surface area contributed by atoms with Crippen molar-refractivity contribution in [3.8, 4) is 0 Å². The molecule has 0 radical (unpaired) electrons. The minimum absolute atomic E-state index is 0.430. The number of carbonyl (C=O) groups is 2. The quantitative estimate of drug-likeness (QED) is 0.520. The second kappa shape index (κ2) is 7.64. The highest BCUT2D eigenvalue weighted by Gasteiger charge is 2.12. The SMILES string of the molecule is COC(=O)NNC(=O)/C(=C/c1ccccc1)c1ccccc1. The van der Waals surface area contributed by atoms with Gasteiger partial charge in [-0.15, -0.1) is 0 Å². The van der Waals surface area contributed by atoms with Crippen LogP contribution in [0.4, 0.5) is 4.79 Å². The van der Waals surface area contributed by atoms with E-state index in [0.717, 1.165) is 11.1 Å². The molecule has 0 aromatic heterocycles. The van der Waals surface area contributed by atoms with Crippen molar-refractivity contribution in [2.24, 2.45) is 0 Å². The normalized spacial score (nSPS) is 10.7. The van der Waals surface area contributed by atoms with E-state index in [1.165, 1.54) is 7.11 Å². The summed E-state index contributed by atoms with van der Waals surface area (Å²) in [5, 5.41) is 0. The Morgan fingerprint density at radius 2 is 1.50 bits per heavy atom. The standard InChI is InChI=1S/C17H16N2O3/c1-22-17(21)19-18-16(20)15(14-10-6-3-7-11-14)12-13-8-4-2-5-9-13/h2-12H,1H3,(H,18,20)(H,19,21)/b15-12+. The van der Waals surface area contributed by atoms with Crippen LogP contribution in [0.2, 0.25) is 0 Å². The first-order chi connectivity index (χ1) is 10.7. The van der Waals surface area contributed by atoms with Crippen molar-refractivity contribution in [3.63, 3.8) is 0 Å². The summed E-state index contributed by atoms with van der Waals surface area (Å²) in [6, 6.07) is 18.7. The minimum atomic E-state index is -0.736. The largest absolute Gasteiger partial charge is 0.452 e. The first kappa shape index (κ1) is 15.3. The average Bonchev–Trinajstić information content (AvgIpc) is 2.59. The number of methoxy groups -OCH3 is 1. The molecule has 0 aliphatic heterocycles. The Labute approximate surface area is 128 Å². The lowest BCUT2D eigenvalue weighted by atomic mass is 10.0. The molecule has 0 saturated heterocycles. The predicted octanol–water partition coefficient (Wildman–Crippen LogP) is 2.61. The van der Waals surface area contributed by atoms with Gasteiger partial charge in [-0.05, 0) is 17.2 Å². The third-order valence-corrected chi connectivity index (χ3v) is 2.90. The number of hydrogen-bond donors (Lipinski definition) is 2. The molecule has 0 saturated carbocycles. The monoisotopic (exact) mass is 296 g/mol. The van der Waals surface area contributed by atoms with Gasteiger partial charge in [0.05, 0.1) is 7.11 Å². The van der Waals surface area contributed by atoms with Gasteiger partial charge in [-0.2, -0.15) is 0 Å². The average molecular weight is 296 g/mol. The number of amides is 2. The van der Waals surface area contributed by atoms with Crippen LogP contribution in [0.3, 0.4) is 0 Å². The Morgan fingerprint density at radius 3 is 2.09 bits per heavy atom. The summed E-state index contributed by atoms with van der Waals surface area (Å²) < 4.78 is 4.42. The molecule has 2 N–H and O–H groups in total. The first-order valence-electron chi connectivity index (χ1n) is 6.67. The molecule has 0 spiro atoms. The molecule has 5 nitrogen and oxygen atoms in total. The van der Waals surface area contributed by atoms with Gasteiger partial charge in [0.2, 0.25) is 0 Å². The van der Waals surface area contributed by atoms with Crippen LogP contribution in [0.1, 0.15) is 11.1 Å². The van der Waals surface area contributed by atoms with Crippen molar-refractivity contribution >= 4 is 23.6 Å². The van der Waals surface area contributed by atoms with Gasteiger partial charge in [-0.1, -0.05) is 60.7 Å². The number of ether oxygens (including phenoxy) is 1. The minimum Gasteiger partial charge on any atom is -0.452 e. The molecule has 5 heteroatoms. The Bertz CT molecular complexity index is 667. The van der Waals surface area contributed by atoms with Gasteiger partial charge in [0.25, 0.3) is 5.91 Å². The first-order valence-corrected chi connectivity index (χ1v) is 6.67. The maximum Gasteiger partial charge on any atom is 0.425 e. The van der Waals surface area contributed by atoms with E-state index in [1.807, 2.05) is 60.7 Å². The van der Waals surface area contributed by atoms with Crippen LogP contribution >= 0.6 is 0 Å². The third kappa shape index (κ3) is 4.21. The molecule has 0 atom stereocenters. The molecule has 0 aliphatic carbocycles. The number of hydrogen-bond acceptors (Lipinski definition) is 3. The lowest BCUT2D eigenvalue weighted by Gasteiger charge is -2.10. The van der Waals surface area contributed by atoms with E-state index in [0.29, 0.717) is 5.57 Å². The van der Waals surface area contributed by atoms with Gasteiger partial charge in [0, 0.05) is 5.57 Å². The third-order valence-electron chi connectivity index (χ3n) is 2.90. The van der Waals surface area contributed by atoms with Crippen LogP contribution < -0.4 is 10.9 Å². The molecule has 22 heavy (non-hydrogen) atoms. The molecule has 0 aliphatic rings. The zero-order valence-electron chi connectivity index (χ0n) is 12.1. The van der Waals surface area contributed by atoms with E-state index in [9.17, 15) is 9.59 Å². The highest BCUT2D eigenvalue weighted by atomic mass is 16.5. The van der Waals surface area contributed by atoms with Crippen molar-refractivity contribution in [1.29, 1.82) is 0 Å². The molecule has 112 valence electrons. The zero-order valence-corrected chi connectivity index (χ0v) is 12.1. The van der Waals surface area contributed by atoms with E-state index < -0.39 is 12.0 Å². The number of benzene rings is 2. The van der Waals surface area contributed by atoms with E-state index in [2.05, 4.69) is 15.6 Å². The molecule has 2 rings (SSSR count). The fourth-order valence-corrected chi connectivity index (χ4v) is 1.84. The molecule has 0 unspecified atom stereocenters. The number of hydrazine groups is 1. The van der Waals surface area contributed by atoms with Crippen LogP contribution in [-0.2, 0) is 9.53 Å². The molecule has 2 aromatic carbocycles. The molecular weight excluding hydrogens is 280 g/mol. The van der Waals surface area contributed by atoms with Crippen molar-refractivity contribution in [3.05, 3.63) is 71.8 Å². The van der Waals surface area contributed by atoms with Gasteiger partial charge in [0.1, 0.15) is 0 Å². The lowest BCUT2D eigenvalue weighted by Crippen LogP contribution is -2.41. The second-order valence-corrected chi connectivity index (χ2v) is 4.41. The van der Waals surface area contributed by atoms with Gasteiger partial charge >= 0.3 is 6.09 Å². The molecule has 0 heterocycles. The van der Waals surface area contributed by atoms with Gasteiger partial charge < -0.3 is 4.74 Å². The fourth-order valence-electron chi connectivity index (χ4n) is 1.84. The van der Waals surface area contributed by atoms with Crippen molar-refractivity contribution in [2.45, 2.75) is 0 Å². The van der Waals surface area contributed by atoms with Crippen LogP contribution in [0.15, 0.2) is 60.7 Å². The molecular formula is C17H16N2O3. The number of carbonyl (C=O) groups excluding carboxylic acids is 2. The highest BCUT2D eigenvalue weighted by Crippen LogP contribution is 2.18. The van der Waals surface area contributed by atoms with Crippen LogP contribution in [-0.4, -0.2) is 19.1 Å².